The Hall–Kier alpha value is -0.910. The number of hydrogen-bond donors (Lipinski definition) is 1. The van der Waals surface area contributed by atoms with Gasteiger partial charge >= 0.3 is 0 Å². The molecule has 1 aromatic carbocycles. The summed E-state index contributed by atoms with van der Waals surface area (Å²) in [5.74, 6) is 0.685. The minimum atomic E-state index is -3.12. The molecule has 0 aliphatic carbocycles. The lowest BCUT2D eigenvalue weighted by Crippen LogP contribution is -2.41. The molecule has 1 fully saturated rings. The van der Waals surface area contributed by atoms with Gasteiger partial charge in [0.25, 0.3) is 0 Å². The maximum absolute atomic E-state index is 12.2. The van der Waals surface area contributed by atoms with E-state index in [4.69, 9.17) is 5.73 Å². The zero-order valence-corrected chi connectivity index (χ0v) is 12.0. The normalized spacial score (nSPS) is 18.6. The summed E-state index contributed by atoms with van der Waals surface area (Å²) in [6.45, 7) is 1.91. The van der Waals surface area contributed by atoms with Crippen molar-refractivity contribution in [1.82, 2.24) is 4.31 Å². The van der Waals surface area contributed by atoms with E-state index in [1.165, 1.54) is 0 Å². The van der Waals surface area contributed by atoms with Gasteiger partial charge in [0.2, 0.25) is 10.0 Å². The second kappa shape index (κ2) is 6.50. The van der Waals surface area contributed by atoms with Gasteiger partial charge in [-0.3, -0.25) is 0 Å². The quantitative estimate of drug-likeness (QED) is 0.883. The summed E-state index contributed by atoms with van der Waals surface area (Å²) in [6, 6.07) is 9.76. The maximum Gasteiger partial charge on any atom is 0.214 e. The van der Waals surface area contributed by atoms with Crippen molar-refractivity contribution in [2.75, 3.05) is 25.4 Å². The summed E-state index contributed by atoms with van der Waals surface area (Å²) in [6.07, 6.45) is 2.36. The zero-order valence-electron chi connectivity index (χ0n) is 11.2. The lowest BCUT2D eigenvalue weighted by molar-refractivity contribution is 0.278. The largest absolute Gasteiger partial charge is 0.330 e. The molecule has 1 aliphatic heterocycles. The number of sulfonamides is 1. The van der Waals surface area contributed by atoms with Gasteiger partial charge < -0.3 is 5.73 Å². The molecule has 0 radical (unpaired) electrons. The number of benzene rings is 1. The van der Waals surface area contributed by atoms with Gasteiger partial charge in [-0.05, 0) is 37.3 Å². The highest BCUT2D eigenvalue weighted by Gasteiger charge is 2.26. The third kappa shape index (κ3) is 4.03. The van der Waals surface area contributed by atoms with Crippen LogP contribution in [0.1, 0.15) is 18.4 Å². The van der Waals surface area contributed by atoms with Crippen LogP contribution in [-0.2, 0) is 16.4 Å². The van der Waals surface area contributed by atoms with Crippen LogP contribution in [0, 0.1) is 5.92 Å². The summed E-state index contributed by atoms with van der Waals surface area (Å²) in [7, 11) is -3.12. The lowest BCUT2D eigenvalue weighted by atomic mass is 9.99. The van der Waals surface area contributed by atoms with Gasteiger partial charge in [-0.25, -0.2) is 12.7 Å². The van der Waals surface area contributed by atoms with E-state index in [2.05, 4.69) is 0 Å². The molecule has 2 rings (SSSR count). The van der Waals surface area contributed by atoms with Crippen molar-refractivity contribution in [2.24, 2.45) is 11.7 Å². The number of hydrogen-bond acceptors (Lipinski definition) is 3. The molecule has 1 heterocycles. The van der Waals surface area contributed by atoms with Crippen LogP contribution in [0.4, 0.5) is 0 Å². The number of piperidine rings is 1. The molecule has 1 aromatic rings. The van der Waals surface area contributed by atoms with Crippen LogP contribution in [0.15, 0.2) is 30.3 Å². The predicted molar refractivity (Wildman–Crippen MR) is 77.3 cm³/mol. The summed E-state index contributed by atoms with van der Waals surface area (Å²) in [5, 5.41) is 0. The Kier molecular flexibility index (Phi) is 4.96. The van der Waals surface area contributed by atoms with Crippen LogP contribution in [0.25, 0.3) is 0 Å². The van der Waals surface area contributed by atoms with E-state index in [1.54, 1.807) is 4.31 Å². The van der Waals surface area contributed by atoms with Gasteiger partial charge in [-0.15, -0.1) is 0 Å². The SMILES string of the molecule is NCC1CCN(S(=O)(=O)CCc2ccccc2)CC1. The first-order valence-electron chi connectivity index (χ1n) is 6.83. The Balaban J connectivity index is 1.89. The van der Waals surface area contributed by atoms with E-state index >= 15 is 0 Å². The molecular formula is C14H22N2O2S. The molecule has 1 saturated heterocycles. The lowest BCUT2D eigenvalue weighted by Gasteiger charge is -2.30. The fraction of sp³-hybridized carbons (Fsp3) is 0.571. The highest BCUT2D eigenvalue weighted by Crippen LogP contribution is 2.19. The molecule has 106 valence electrons. The molecule has 5 heteroatoms. The Morgan fingerprint density at radius 3 is 2.37 bits per heavy atom. The average Bonchev–Trinajstić information content (AvgIpc) is 2.46. The predicted octanol–water partition coefficient (Wildman–Crippen LogP) is 1.23. The van der Waals surface area contributed by atoms with Crippen LogP contribution in [0.2, 0.25) is 0 Å². The molecule has 4 nitrogen and oxygen atoms in total. The number of rotatable bonds is 5. The molecule has 1 aliphatic rings. The number of nitrogens with two attached hydrogens (primary N) is 1. The fourth-order valence-corrected chi connectivity index (χ4v) is 3.96. The standard InChI is InChI=1S/C14H22N2O2S/c15-12-14-6-9-16(10-7-14)19(17,18)11-8-13-4-2-1-3-5-13/h1-5,14H,6-12,15H2. The van der Waals surface area contributed by atoms with Crippen molar-refractivity contribution in [3.05, 3.63) is 35.9 Å². The van der Waals surface area contributed by atoms with Crippen molar-refractivity contribution in [3.63, 3.8) is 0 Å². The minimum absolute atomic E-state index is 0.199. The molecule has 0 spiro atoms. The van der Waals surface area contributed by atoms with Crippen molar-refractivity contribution in [2.45, 2.75) is 19.3 Å². The summed E-state index contributed by atoms with van der Waals surface area (Å²) < 4.78 is 26.1. The molecule has 2 N–H and O–H groups in total. The van der Waals surface area contributed by atoms with Crippen molar-refractivity contribution in [1.29, 1.82) is 0 Å². The Morgan fingerprint density at radius 1 is 1.16 bits per heavy atom. The molecule has 0 unspecified atom stereocenters. The molecule has 0 aromatic heterocycles. The van der Waals surface area contributed by atoms with Crippen molar-refractivity contribution < 1.29 is 8.42 Å². The van der Waals surface area contributed by atoms with E-state index in [-0.39, 0.29) is 5.75 Å². The highest BCUT2D eigenvalue weighted by atomic mass is 32.2. The topological polar surface area (TPSA) is 63.4 Å². The van der Waals surface area contributed by atoms with E-state index in [0.29, 0.717) is 32.0 Å². The summed E-state index contributed by atoms with van der Waals surface area (Å²) in [5.41, 5.74) is 6.70. The van der Waals surface area contributed by atoms with Gasteiger partial charge in [0.15, 0.2) is 0 Å². The van der Waals surface area contributed by atoms with Crippen molar-refractivity contribution >= 4 is 10.0 Å². The number of nitrogens with zero attached hydrogens (tertiary/aromatic N) is 1. The van der Waals surface area contributed by atoms with Crippen molar-refractivity contribution in [3.8, 4) is 0 Å². The van der Waals surface area contributed by atoms with Gasteiger partial charge in [0, 0.05) is 13.1 Å². The molecule has 19 heavy (non-hydrogen) atoms. The third-order valence-corrected chi connectivity index (χ3v) is 5.66. The van der Waals surface area contributed by atoms with Gasteiger partial charge in [-0.2, -0.15) is 0 Å². The molecular weight excluding hydrogens is 260 g/mol. The van der Waals surface area contributed by atoms with Gasteiger partial charge in [0.05, 0.1) is 5.75 Å². The first-order valence-corrected chi connectivity index (χ1v) is 8.44. The van der Waals surface area contributed by atoms with Crippen LogP contribution >= 0.6 is 0 Å². The first-order chi connectivity index (χ1) is 9.12. The summed E-state index contributed by atoms with van der Waals surface area (Å²) in [4.78, 5) is 0. The molecule has 0 saturated carbocycles. The van der Waals surface area contributed by atoms with E-state index in [9.17, 15) is 8.42 Å². The van der Waals surface area contributed by atoms with Crippen LogP contribution in [0.5, 0.6) is 0 Å². The summed E-state index contributed by atoms with van der Waals surface area (Å²) >= 11 is 0. The first kappa shape index (κ1) is 14.5. The highest BCUT2D eigenvalue weighted by molar-refractivity contribution is 7.89. The van der Waals surface area contributed by atoms with E-state index in [0.717, 1.165) is 18.4 Å². The van der Waals surface area contributed by atoms with Gasteiger partial charge in [-0.1, -0.05) is 30.3 Å². The third-order valence-electron chi connectivity index (χ3n) is 3.79. The van der Waals surface area contributed by atoms with Crippen LogP contribution in [-0.4, -0.2) is 38.1 Å². The molecule has 0 atom stereocenters. The van der Waals surface area contributed by atoms with Crippen LogP contribution < -0.4 is 5.73 Å². The molecule has 0 amide bonds. The second-order valence-electron chi connectivity index (χ2n) is 5.13. The minimum Gasteiger partial charge on any atom is -0.330 e. The Labute approximate surface area is 115 Å². The maximum atomic E-state index is 12.2. The van der Waals surface area contributed by atoms with E-state index < -0.39 is 10.0 Å². The second-order valence-corrected chi connectivity index (χ2v) is 7.22. The fourth-order valence-electron chi connectivity index (χ4n) is 2.44. The number of aryl methyl sites for hydroxylation is 1. The van der Waals surface area contributed by atoms with Gasteiger partial charge in [0.1, 0.15) is 0 Å². The average molecular weight is 282 g/mol. The Bertz CT molecular complexity index is 479. The monoisotopic (exact) mass is 282 g/mol. The van der Waals surface area contributed by atoms with Crippen LogP contribution in [0.3, 0.4) is 0 Å². The zero-order chi connectivity index (χ0) is 13.7. The molecule has 0 bridgehead atoms. The Morgan fingerprint density at radius 2 is 1.79 bits per heavy atom. The smallest absolute Gasteiger partial charge is 0.214 e. The van der Waals surface area contributed by atoms with E-state index in [1.807, 2.05) is 30.3 Å².